The van der Waals surface area contributed by atoms with Crippen LogP contribution in [-0.4, -0.2) is 13.6 Å². The lowest BCUT2D eigenvalue weighted by Crippen LogP contribution is -2.05. The van der Waals surface area contributed by atoms with Crippen molar-refractivity contribution in [1.82, 2.24) is 5.32 Å². The third kappa shape index (κ3) is 3.35. The van der Waals surface area contributed by atoms with Crippen LogP contribution in [0.15, 0.2) is 36.4 Å². The zero-order valence-corrected chi connectivity index (χ0v) is 7.46. The van der Waals surface area contributed by atoms with E-state index in [1.807, 2.05) is 13.1 Å². The predicted molar refractivity (Wildman–Crippen MR) is 54.0 cm³/mol. The van der Waals surface area contributed by atoms with Gasteiger partial charge in [-0.15, -0.1) is 0 Å². The summed E-state index contributed by atoms with van der Waals surface area (Å²) >= 11 is 0. The SMILES string of the molecule is CNCC/C=C/c1ccccc1. The van der Waals surface area contributed by atoms with Gasteiger partial charge in [0.05, 0.1) is 0 Å². The van der Waals surface area contributed by atoms with Gasteiger partial charge in [-0.1, -0.05) is 42.5 Å². The molecule has 1 aromatic carbocycles. The Morgan fingerprint density at radius 2 is 2.00 bits per heavy atom. The minimum absolute atomic E-state index is 1.04. The number of benzene rings is 1. The lowest BCUT2D eigenvalue weighted by atomic mass is 10.2. The molecule has 1 aromatic rings. The highest BCUT2D eigenvalue weighted by Crippen LogP contribution is 2.00. The summed E-state index contributed by atoms with van der Waals surface area (Å²) in [6.45, 7) is 1.04. The second-order valence-electron chi connectivity index (χ2n) is 2.71. The van der Waals surface area contributed by atoms with Gasteiger partial charge in [0.1, 0.15) is 0 Å². The molecule has 12 heavy (non-hydrogen) atoms. The van der Waals surface area contributed by atoms with E-state index < -0.39 is 0 Å². The maximum absolute atomic E-state index is 3.10. The Hall–Kier alpha value is -1.08. The summed E-state index contributed by atoms with van der Waals surface area (Å²) in [5.41, 5.74) is 1.27. The van der Waals surface area contributed by atoms with Crippen LogP contribution in [0.5, 0.6) is 0 Å². The molecular weight excluding hydrogens is 146 g/mol. The van der Waals surface area contributed by atoms with Crippen molar-refractivity contribution >= 4 is 6.08 Å². The second-order valence-corrected chi connectivity index (χ2v) is 2.71. The van der Waals surface area contributed by atoms with Crippen molar-refractivity contribution in [3.05, 3.63) is 42.0 Å². The molecule has 1 nitrogen and oxygen atoms in total. The summed E-state index contributed by atoms with van der Waals surface area (Å²) in [7, 11) is 1.97. The smallest absolute Gasteiger partial charge is 0.00172 e. The normalized spacial score (nSPS) is 10.8. The molecule has 0 amide bonds. The van der Waals surface area contributed by atoms with Gasteiger partial charge in [0.25, 0.3) is 0 Å². The quantitative estimate of drug-likeness (QED) is 0.668. The molecule has 0 heterocycles. The van der Waals surface area contributed by atoms with E-state index in [2.05, 4.69) is 41.7 Å². The fraction of sp³-hybridized carbons (Fsp3) is 0.273. The van der Waals surface area contributed by atoms with Gasteiger partial charge in [0.15, 0.2) is 0 Å². The molecule has 1 rings (SSSR count). The Morgan fingerprint density at radius 1 is 1.25 bits per heavy atom. The molecule has 0 aromatic heterocycles. The molecule has 0 spiro atoms. The summed E-state index contributed by atoms with van der Waals surface area (Å²) in [5.74, 6) is 0. The van der Waals surface area contributed by atoms with Crippen LogP contribution < -0.4 is 5.32 Å². The Morgan fingerprint density at radius 3 is 2.67 bits per heavy atom. The molecule has 1 N–H and O–H groups in total. The van der Waals surface area contributed by atoms with E-state index in [-0.39, 0.29) is 0 Å². The van der Waals surface area contributed by atoms with Gasteiger partial charge in [-0.2, -0.15) is 0 Å². The van der Waals surface area contributed by atoms with Crippen LogP contribution in [0.25, 0.3) is 6.08 Å². The average Bonchev–Trinajstić information content (AvgIpc) is 2.14. The first-order valence-electron chi connectivity index (χ1n) is 4.29. The van der Waals surface area contributed by atoms with Gasteiger partial charge in [-0.25, -0.2) is 0 Å². The summed E-state index contributed by atoms with van der Waals surface area (Å²) in [6, 6.07) is 10.4. The molecule has 64 valence electrons. The zero-order chi connectivity index (χ0) is 8.65. The standard InChI is InChI=1S/C11H15N/c1-12-10-6-5-9-11-7-3-2-4-8-11/h2-5,7-9,12H,6,10H2,1H3/b9-5+. The third-order valence-corrected chi connectivity index (χ3v) is 1.67. The molecule has 1 heteroatoms. The van der Waals surface area contributed by atoms with E-state index in [0.717, 1.165) is 13.0 Å². The van der Waals surface area contributed by atoms with Crippen molar-refractivity contribution in [2.45, 2.75) is 6.42 Å². The highest BCUT2D eigenvalue weighted by Gasteiger charge is 1.81. The van der Waals surface area contributed by atoms with Crippen molar-refractivity contribution in [1.29, 1.82) is 0 Å². The summed E-state index contributed by atoms with van der Waals surface area (Å²) in [5, 5.41) is 3.10. The van der Waals surface area contributed by atoms with Crippen LogP contribution >= 0.6 is 0 Å². The maximum Gasteiger partial charge on any atom is -0.00172 e. The molecule has 0 saturated carbocycles. The Kier molecular flexibility index (Phi) is 4.17. The van der Waals surface area contributed by atoms with Crippen molar-refractivity contribution in [3.8, 4) is 0 Å². The summed E-state index contributed by atoms with van der Waals surface area (Å²) < 4.78 is 0. The van der Waals surface area contributed by atoms with Gasteiger partial charge in [0.2, 0.25) is 0 Å². The first kappa shape index (κ1) is 9.01. The fourth-order valence-electron chi connectivity index (χ4n) is 1.01. The van der Waals surface area contributed by atoms with Crippen LogP contribution in [0.4, 0.5) is 0 Å². The van der Waals surface area contributed by atoms with Gasteiger partial charge in [-0.05, 0) is 25.6 Å². The van der Waals surface area contributed by atoms with Gasteiger partial charge in [-0.3, -0.25) is 0 Å². The zero-order valence-electron chi connectivity index (χ0n) is 7.46. The minimum atomic E-state index is 1.04. The topological polar surface area (TPSA) is 12.0 Å². The molecule has 0 saturated heterocycles. The van der Waals surface area contributed by atoms with Gasteiger partial charge >= 0.3 is 0 Å². The lowest BCUT2D eigenvalue weighted by molar-refractivity contribution is 0.809. The minimum Gasteiger partial charge on any atom is -0.319 e. The van der Waals surface area contributed by atoms with Crippen LogP contribution in [0.1, 0.15) is 12.0 Å². The van der Waals surface area contributed by atoms with Crippen LogP contribution in [0, 0.1) is 0 Å². The van der Waals surface area contributed by atoms with E-state index in [1.54, 1.807) is 0 Å². The molecule has 0 radical (unpaired) electrons. The maximum atomic E-state index is 3.10. The molecule has 0 aliphatic rings. The van der Waals surface area contributed by atoms with Crippen LogP contribution in [-0.2, 0) is 0 Å². The predicted octanol–water partition coefficient (Wildman–Crippen LogP) is 2.31. The van der Waals surface area contributed by atoms with Crippen LogP contribution in [0.3, 0.4) is 0 Å². The number of hydrogen-bond acceptors (Lipinski definition) is 1. The summed E-state index contributed by atoms with van der Waals surface area (Å²) in [4.78, 5) is 0. The van der Waals surface area contributed by atoms with E-state index in [9.17, 15) is 0 Å². The van der Waals surface area contributed by atoms with Crippen molar-refractivity contribution < 1.29 is 0 Å². The van der Waals surface area contributed by atoms with E-state index in [4.69, 9.17) is 0 Å². The highest BCUT2D eigenvalue weighted by atomic mass is 14.8. The Bertz CT molecular complexity index is 226. The largest absolute Gasteiger partial charge is 0.319 e. The highest BCUT2D eigenvalue weighted by molar-refractivity contribution is 5.48. The second kappa shape index (κ2) is 5.56. The average molecular weight is 161 g/mol. The number of nitrogens with one attached hydrogen (secondary N) is 1. The van der Waals surface area contributed by atoms with Gasteiger partial charge in [0, 0.05) is 0 Å². The van der Waals surface area contributed by atoms with E-state index >= 15 is 0 Å². The molecule has 0 aliphatic carbocycles. The molecule has 0 atom stereocenters. The van der Waals surface area contributed by atoms with Crippen LogP contribution in [0.2, 0.25) is 0 Å². The Balaban J connectivity index is 2.36. The lowest BCUT2D eigenvalue weighted by Gasteiger charge is -1.92. The van der Waals surface area contributed by atoms with Crippen molar-refractivity contribution in [2.75, 3.05) is 13.6 Å². The van der Waals surface area contributed by atoms with Crippen molar-refractivity contribution in [2.24, 2.45) is 0 Å². The first-order valence-corrected chi connectivity index (χ1v) is 4.29. The molecule has 0 unspecified atom stereocenters. The molecule has 0 fully saturated rings. The molecule has 0 bridgehead atoms. The van der Waals surface area contributed by atoms with Gasteiger partial charge < -0.3 is 5.32 Å². The fourth-order valence-corrected chi connectivity index (χ4v) is 1.01. The van der Waals surface area contributed by atoms with E-state index in [0.29, 0.717) is 0 Å². The third-order valence-electron chi connectivity index (χ3n) is 1.67. The van der Waals surface area contributed by atoms with E-state index in [1.165, 1.54) is 5.56 Å². The first-order chi connectivity index (χ1) is 5.93. The Labute approximate surface area is 74.1 Å². The monoisotopic (exact) mass is 161 g/mol. The molecular formula is C11H15N. The molecule has 0 aliphatic heterocycles. The number of hydrogen-bond donors (Lipinski definition) is 1. The summed E-state index contributed by atoms with van der Waals surface area (Å²) in [6.07, 6.45) is 5.43. The number of rotatable bonds is 4. The van der Waals surface area contributed by atoms with Crippen molar-refractivity contribution in [3.63, 3.8) is 0 Å².